The molecular weight excluding hydrogens is 440 g/mol. The quantitative estimate of drug-likeness (QED) is 0.503. The Balaban J connectivity index is 1.38. The Morgan fingerprint density at radius 3 is 2.67 bits per heavy atom. The van der Waals surface area contributed by atoms with Gasteiger partial charge in [0.2, 0.25) is 5.91 Å². The molecule has 1 aromatic heterocycles. The molecule has 9 heteroatoms. The lowest BCUT2D eigenvalue weighted by atomic mass is 10.0. The molecule has 1 amide bonds. The molecule has 3 aromatic rings. The van der Waals surface area contributed by atoms with Crippen LogP contribution in [0.3, 0.4) is 0 Å². The molecule has 0 spiro atoms. The molecule has 2 unspecified atom stereocenters. The van der Waals surface area contributed by atoms with E-state index < -0.39 is 28.2 Å². The molecule has 1 aliphatic rings. The number of fused-ring (bicyclic) bond motifs is 1. The summed E-state index contributed by atoms with van der Waals surface area (Å²) in [4.78, 5) is 16.7. The Hall–Kier alpha value is -2.85. The van der Waals surface area contributed by atoms with E-state index in [-0.39, 0.29) is 24.0 Å². The van der Waals surface area contributed by atoms with Crippen LogP contribution in [0.5, 0.6) is 0 Å². The molecule has 0 radical (unpaired) electrons. The SMILES string of the molecule is NC(Cc1ccc2ccccc2c1)C(=O)NC1CCCN(S(=O)(=O)c2ccccn2)C[C@@H]1O. The van der Waals surface area contributed by atoms with Gasteiger partial charge in [-0.3, -0.25) is 4.79 Å². The standard InChI is InChI=1S/C24H28N4O4S/c25-20(15-17-10-11-18-6-1-2-7-19(18)14-17)24(30)27-21-8-5-13-28(16-22(21)29)33(31,32)23-9-3-4-12-26-23/h1-4,6-7,9-12,14,20-22,29H,5,8,13,15-16,25H2,(H,27,30)/t20?,21?,22-/m0/s1. The molecule has 3 atom stereocenters. The van der Waals surface area contributed by atoms with Crippen LogP contribution in [0.15, 0.2) is 71.9 Å². The van der Waals surface area contributed by atoms with Crippen LogP contribution in [0.1, 0.15) is 18.4 Å². The van der Waals surface area contributed by atoms with Gasteiger partial charge in [-0.2, -0.15) is 4.31 Å². The van der Waals surface area contributed by atoms with Crippen LogP contribution in [-0.2, 0) is 21.2 Å². The summed E-state index contributed by atoms with van der Waals surface area (Å²) in [5.41, 5.74) is 7.11. The number of nitrogens with two attached hydrogens (primary N) is 1. The second kappa shape index (κ2) is 9.96. The van der Waals surface area contributed by atoms with Gasteiger partial charge in [-0.1, -0.05) is 48.5 Å². The van der Waals surface area contributed by atoms with Crippen LogP contribution in [0.2, 0.25) is 0 Å². The fraction of sp³-hybridized carbons (Fsp3) is 0.333. The first-order chi connectivity index (χ1) is 15.8. The van der Waals surface area contributed by atoms with E-state index in [1.807, 2.05) is 42.5 Å². The van der Waals surface area contributed by atoms with E-state index in [1.54, 1.807) is 12.1 Å². The van der Waals surface area contributed by atoms with Crippen LogP contribution in [0.4, 0.5) is 0 Å². The third-order valence-electron chi connectivity index (χ3n) is 5.95. The Bertz CT molecular complexity index is 1220. The molecule has 0 bridgehead atoms. The highest BCUT2D eigenvalue weighted by Crippen LogP contribution is 2.20. The van der Waals surface area contributed by atoms with E-state index >= 15 is 0 Å². The van der Waals surface area contributed by atoms with Crippen molar-refractivity contribution in [2.24, 2.45) is 5.73 Å². The monoisotopic (exact) mass is 468 g/mol. The number of amides is 1. The fourth-order valence-electron chi connectivity index (χ4n) is 4.13. The molecule has 0 aliphatic carbocycles. The van der Waals surface area contributed by atoms with Gasteiger partial charge < -0.3 is 16.2 Å². The summed E-state index contributed by atoms with van der Waals surface area (Å²) in [7, 11) is -3.82. The van der Waals surface area contributed by atoms with Crippen molar-refractivity contribution in [3.05, 3.63) is 72.4 Å². The fourth-order valence-corrected chi connectivity index (χ4v) is 5.56. The lowest BCUT2D eigenvalue weighted by Crippen LogP contribution is -2.52. The van der Waals surface area contributed by atoms with Gasteiger partial charge in [-0.25, -0.2) is 13.4 Å². The topological polar surface area (TPSA) is 126 Å². The number of hydrogen-bond acceptors (Lipinski definition) is 6. The minimum atomic E-state index is -3.82. The number of β-amino-alcohol motifs (C(OH)–C–C–N with tert-alkyl or cyclic N) is 1. The van der Waals surface area contributed by atoms with Crippen LogP contribution in [-0.4, -0.2) is 60.0 Å². The van der Waals surface area contributed by atoms with Gasteiger partial charge in [-0.05, 0) is 47.7 Å². The molecule has 1 saturated heterocycles. The molecular formula is C24H28N4O4S. The van der Waals surface area contributed by atoms with E-state index in [0.29, 0.717) is 19.3 Å². The second-order valence-corrected chi connectivity index (χ2v) is 10.2. The van der Waals surface area contributed by atoms with Crippen molar-refractivity contribution in [1.29, 1.82) is 0 Å². The summed E-state index contributed by atoms with van der Waals surface area (Å²) in [5, 5.41) is 15.7. The first-order valence-electron chi connectivity index (χ1n) is 11.0. The molecule has 4 N–H and O–H groups in total. The van der Waals surface area contributed by atoms with E-state index in [4.69, 9.17) is 5.73 Å². The van der Waals surface area contributed by atoms with Crippen molar-refractivity contribution in [2.75, 3.05) is 13.1 Å². The Morgan fingerprint density at radius 1 is 1.15 bits per heavy atom. The van der Waals surface area contributed by atoms with Gasteiger partial charge in [0.15, 0.2) is 5.03 Å². The summed E-state index contributed by atoms with van der Waals surface area (Å²) in [6.07, 6.45) is 1.67. The summed E-state index contributed by atoms with van der Waals surface area (Å²) in [5.74, 6) is -0.367. The average Bonchev–Trinajstić information content (AvgIpc) is 3.01. The largest absolute Gasteiger partial charge is 0.390 e. The highest BCUT2D eigenvalue weighted by Gasteiger charge is 2.34. The maximum absolute atomic E-state index is 12.9. The van der Waals surface area contributed by atoms with Crippen LogP contribution in [0, 0.1) is 0 Å². The predicted molar refractivity (Wildman–Crippen MR) is 126 cm³/mol. The normalized spacial score (nSPS) is 20.8. The number of nitrogens with one attached hydrogen (secondary N) is 1. The van der Waals surface area contributed by atoms with Crippen molar-refractivity contribution in [2.45, 2.75) is 42.5 Å². The molecule has 0 saturated carbocycles. The van der Waals surface area contributed by atoms with Gasteiger partial charge in [0.25, 0.3) is 10.0 Å². The lowest BCUT2D eigenvalue weighted by molar-refractivity contribution is -0.123. The molecule has 4 rings (SSSR count). The number of hydrogen-bond donors (Lipinski definition) is 3. The average molecular weight is 469 g/mol. The minimum Gasteiger partial charge on any atom is -0.390 e. The first-order valence-corrected chi connectivity index (χ1v) is 12.4. The van der Waals surface area contributed by atoms with Crippen LogP contribution < -0.4 is 11.1 Å². The highest BCUT2D eigenvalue weighted by molar-refractivity contribution is 7.89. The van der Waals surface area contributed by atoms with Crippen LogP contribution in [0.25, 0.3) is 10.8 Å². The van der Waals surface area contributed by atoms with Crippen molar-refractivity contribution < 1.29 is 18.3 Å². The second-order valence-electron chi connectivity index (χ2n) is 8.35. The van der Waals surface area contributed by atoms with Gasteiger partial charge in [0.1, 0.15) is 0 Å². The Kier molecular flexibility index (Phi) is 7.04. The molecule has 2 aromatic carbocycles. The number of aliphatic hydroxyl groups excluding tert-OH is 1. The van der Waals surface area contributed by atoms with Gasteiger partial charge in [0, 0.05) is 19.3 Å². The zero-order valence-electron chi connectivity index (χ0n) is 18.2. The number of nitrogens with zero attached hydrogens (tertiary/aromatic N) is 2. The van der Waals surface area contributed by atoms with Gasteiger partial charge in [0.05, 0.1) is 18.2 Å². The number of aromatic nitrogens is 1. The zero-order valence-corrected chi connectivity index (χ0v) is 19.0. The van der Waals surface area contributed by atoms with Crippen molar-refractivity contribution in [3.63, 3.8) is 0 Å². The summed E-state index contributed by atoms with van der Waals surface area (Å²) in [6, 6.07) is 17.3. The number of carbonyl (C=O) groups is 1. The van der Waals surface area contributed by atoms with E-state index in [2.05, 4.69) is 10.3 Å². The summed E-state index contributed by atoms with van der Waals surface area (Å²) in [6.45, 7) is 0.120. The molecule has 8 nitrogen and oxygen atoms in total. The van der Waals surface area contributed by atoms with E-state index in [1.165, 1.54) is 16.6 Å². The third-order valence-corrected chi connectivity index (χ3v) is 7.74. The maximum atomic E-state index is 12.9. The molecule has 1 fully saturated rings. The Labute approximate surface area is 193 Å². The minimum absolute atomic E-state index is 0.0582. The zero-order chi connectivity index (χ0) is 23.4. The van der Waals surface area contributed by atoms with Gasteiger partial charge in [-0.15, -0.1) is 0 Å². The third kappa shape index (κ3) is 5.39. The van der Waals surface area contributed by atoms with Crippen molar-refractivity contribution >= 4 is 26.7 Å². The molecule has 33 heavy (non-hydrogen) atoms. The van der Waals surface area contributed by atoms with Crippen molar-refractivity contribution in [1.82, 2.24) is 14.6 Å². The maximum Gasteiger partial charge on any atom is 0.260 e. The number of rotatable bonds is 6. The first kappa shape index (κ1) is 23.3. The van der Waals surface area contributed by atoms with E-state index in [9.17, 15) is 18.3 Å². The highest BCUT2D eigenvalue weighted by atomic mass is 32.2. The van der Waals surface area contributed by atoms with Crippen LogP contribution >= 0.6 is 0 Å². The molecule has 174 valence electrons. The van der Waals surface area contributed by atoms with Gasteiger partial charge >= 0.3 is 0 Å². The smallest absolute Gasteiger partial charge is 0.260 e. The summed E-state index contributed by atoms with van der Waals surface area (Å²) >= 11 is 0. The number of sulfonamides is 1. The van der Waals surface area contributed by atoms with E-state index in [0.717, 1.165) is 16.3 Å². The number of aliphatic hydroxyl groups is 1. The lowest BCUT2D eigenvalue weighted by Gasteiger charge is -2.25. The molecule has 1 aliphatic heterocycles. The number of benzene rings is 2. The Morgan fingerprint density at radius 2 is 1.91 bits per heavy atom. The van der Waals surface area contributed by atoms with Crippen molar-refractivity contribution in [3.8, 4) is 0 Å². The number of carbonyl (C=O) groups excluding carboxylic acids is 1. The number of pyridine rings is 1. The summed E-state index contributed by atoms with van der Waals surface area (Å²) < 4.78 is 27.0. The molecule has 2 heterocycles. The predicted octanol–water partition coefficient (Wildman–Crippen LogP) is 1.43.